The van der Waals surface area contributed by atoms with Gasteiger partial charge in [-0.1, -0.05) is 27.7 Å². The summed E-state index contributed by atoms with van der Waals surface area (Å²) in [6.45, 7) is 15.0. The van der Waals surface area contributed by atoms with E-state index in [2.05, 4.69) is 54.7 Å². The molecule has 0 unspecified atom stereocenters. The zero-order chi connectivity index (χ0) is 14.1. The van der Waals surface area contributed by atoms with Crippen LogP contribution >= 0.6 is 11.3 Å². The molecule has 0 atom stereocenters. The molecule has 1 aromatic rings. The van der Waals surface area contributed by atoms with Crippen LogP contribution in [0.3, 0.4) is 0 Å². The van der Waals surface area contributed by atoms with Gasteiger partial charge in [0.15, 0.2) is 0 Å². The predicted octanol–water partition coefficient (Wildman–Crippen LogP) is 3.49. The Balaban J connectivity index is 2.12. The maximum Gasteiger partial charge on any atom is 0.0107 e. The Labute approximate surface area is 123 Å². The molecule has 19 heavy (non-hydrogen) atoms. The summed E-state index contributed by atoms with van der Waals surface area (Å²) in [6, 6.07) is 2.22. The molecule has 0 aliphatic rings. The average molecular weight is 282 g/mol. The number of hydrogen-bond donors (Lipinski definition) is 1. The van der Waals surface area contributed by atoms with E-state index in [9.17, 15) is 0 Å². The van der Waals surface area contributed by atoms with Crippen molar-refractivity contribution < 1.29 is 0 Å². The van der Waals surface area contributed by atoms with E-state index in [0.717, 1.165) is 31.3 Å². The molecule has 110 valence electrons. The minimum absolute atomic E-state index is 0.754. The van der Waals surface area contributed by atoms with Gasteiger partial charge in [-0.25, -0.2) is 0 Å². The largest absolute Gasteiger partial charge is 0.315 e. The van der Waals surface area contributed by atoms with Gasteiger partial charge in [0.2, 0.25) is 0 Å². The highest BCUT2D eigenvalue weighted by Gasteiger charge is 2.08. The molecule has 1 heterocycles. The average Bonchev–Trinajstić information content (AvgIpc) is 2.79. The summed E-state index contributed by atoms with van der Waals surface area (Å²) in [6.07, 6.45) is 1.15. The fraction of sp³-hybridized carbons (Fsp3) is 0.750. The third kappa shape index (κ3) is 8.40. The van der Waals surface area contributed by atoms with Gasteiger partial charge < -0.3 is 10.2 Å². The summed E-state index contributed by atoms with van der Waals surface area (Å²) in [5.74, 6) is 1.51. The molecule has 0 spiro atoms. The Morgan fingerprint density at radius 1 is 1.11 bits per heavy atom. The molecular weight excluding hydrogens is 252 g/mol. The molecule has 0 saturated heterocycles. The van der Waals surface area contributed by atoms with Crippen molar-refractivity contribution in [1.82, 2.24) is 10.2 Å². The summed E-state index contributed by atoms with van der Waals surface area (Å²) in [5, 5.41) is 7.96. The van der Waals surface area contributed by atoms with E-state index in [0.29, 0.717) is 0 Å². The van der Waals surface area contributed by atoms with Crippen molar-refractivity contribution in [2.24, 2.45) is 11.8 Å². The first-order valence-electron chi connectivity index (χ1n) is 7.52. The van der Waals surface area contributed by atoms with Crippen molar-refractivity contribution in [3.05, 3.63) is 22.4 Å². The van der Waals surface area contributed by atoms with Crippen LogP contribution in [0.15, 0.2) is 16.8 Å². The van der Waals surface area contributed by atoms with Crippen LogP contribution in [0, 0.1) is 11.8 Å². The topological polar surface area (TPSA) is 15.3 Å². The molecule has 3 heteroatoms. The van der Waals surface area contributed by atoms with Gasteiger partial charge in [-0.15, -0.1) is 0 Å². The van der Waals surface area contributed by atoms with E-state index >= 15 is 0 Å². The minimum Gasteiger partial charge on any atom is -0.315 e. The van der Waals surface area contributed by atoms with E-state index in [-0.39, 0.29) is 0 Å². The number of nitrogens with one attached hydrogen (secondary N) is 1. The third-order valence-corrected chi connectivity index (χ3v) is 3.75. The SMILES string of the molecule is CC(C)CN(CCNCCc1ccsc1)CC(C)C. The van der Waals surface area contributed by atoms with Crippen LogP contribution in [-0.2, 0) is 6.42 Å². The molecule has 1 aromatic heterocycles. The lowest BCUT2D eigenvalue weighted by atomic mass is 10.1. The lowest BCUT2D eigenvalue weighted by Crippen LogP contribution is -2.37. The molecule has 0 fully saturated rings. The molecule has 2 nitrogen and oxygen atoms in total. The van der Waals surface area contributed by atoms with E-state index in [1.807, 2.05) is 0 Å². The van der Waals surface area contributed by atoms with Crippen molar-refractivity contribution in [3.63, 3.8) is 0 Å². The van der Waals surface area contributed by atoms with Gasteiger partial charge in [0.05, 0.1) is 0 Å². The molecular formula is C16H30N2S. The number of nitrogens with zero attached hydrogens (tertiary/aromatic N) is 1. The maximum atomic E-state index is 3.56. The second-order valence-electron chi connectivity index (χ2n) is 6.18. The summed E-state index contributed by atoms with van der Waals surface area (Å²) in [4.78, 5) is 2.59. The molecule has 1 rings (SSSR count). The molecule has 0 aliphatic heterocycles. The van der Waals surface area contributed by atoms with Crippen molar-refractivity contribution in [3.8, 4) is 0 Å². The molecule has 0 amide bonds. The Hall–Kier alpha value is -0.380. The zero-order valence-electron chi connectivity index (χ0n) is 13.0. The normalized spacial score (nSPS) is 11.9. The van der Waals surface area contributed by atoms with Crippen molar-refractivity contribution in [1.29, 1.82) is 0 Å². The van der Waals surface area contributed by atoms with E-state index < -0.39 is 0 Å². The van der Waals surface area contributed by atoms with Crippen molar-refractivity contribution in [2.45, 2.75) is 34.1 Å². The Kier molecular flexibility index (Phi) is 8.35. The zero-order valence-corrected chi connectivity index (χ0v) is 13.8. The van der Waals surface area contributed by atoms with E-state index in [1.54, 1.807) is 11.3 Å². The summed E-state index contributed by atoms with van der Waals surface area (Å²) in [5.41, 5.74) is 1.46. The van der Waals surface area contributed by atoms with Gasteiger partial charge in [-0.2, -0.15) is 11.3 Å². The van der Waals surface area contributed by atoms with Gasteiger partial charge in [0.1, 0.15) is 0 Å². The smallest absolute Gasteiger partial charge is 0.0107 e. The van der Waals surface area contributed by atoms with Crippen LogP contribution in [0.4, 0.5) is 0 Å². The summed E-state index contributed by atoms with van der Waals surface area (Å²) in [7, 11) is 0. The fourth-order valence-corrected chi connectivity index (χ4v) is 3.02. The van der Waals surface area contributed by atoms with E-state index in [4.69, 9.17) is 0 Å². The highest BCUT2D eigenvalue weighted by molar-refractivity contribution is 7.07. The first-order chi connectivity index (χ1) is 9.08. The number of hydrogen-bond acceptors (Lipinski definition) is 3. The predicted molar refractivity (Wildman–Crippen MR) is 87.0 cm³/mol. The Bertz CT molecular complexity index is 297. The summed E-state index contributed by atoms with van der Waals surface area (Å²) >= 11 is 1.79. The van der Waals surface area contributed by atoms with Crippen LogP contribution in [0.1, 0.15) is 33.3 Å². The first-order valence-corrected chi connectivity index (χ1v) is 8.46. The van der Waals surface area contributed by atoms with Crippen LogP contribution < -0.4 is 5.32 Å². The van der Waals surface area contributed by atoms with Gasteiger partial charge in [0.25, 0.3) is 0 Å². The van der Waals surface area contributed by atoms with Gasteiger partial charge in [-0.05, 0) is 47.2 Å². The highest BCUT2D eigenvalue weighted by Crippen LogP contribution is 2.06. The number of thiophene rings is 1. The third-order valence-electron chi connectivity index (χ3n) is 3.02. The lowest BCUT2D eigenvalue weighted by molar-refractivity contribution is 0.220. The first kappa shape index (κ1) is 16.7. The monoisotopic (exact) mass is 282 g/mol. The van der Waals surface area contributed by atoms with Gasteiger partial charge in [0, 0.05) is 26.2 Å². The number of rotatable bonds is 10. The molecule has 0 aliphatic carbocycles. The van der Waals surface area contributed by atoms with Crippen LogP contribution in [0.2, 0.25) is 0 Å². The molecule has 0 bridgehead atoms. The second kappa shape index (κ2) is 9.51. The standard InChI is InChI=1S/C16H30N2S/c1-14(2)11-18(12-15(3)4)9-8-17-7-5-16-6-10-19-13-16/h6,10,13-15,17H,5,7-9,11-12H2,1-4H3. The Morgan fingerprint density at radius 3 is 2.32 bits per heavy atom. The van der Waals surface area contributed by atoms with Crippen molar-refractivity contribution in [2.75, 3.05) is 32.7 Å². The second-order valence-corrected chi connectivity index (χ2v) is 6.96. The fourth-order valence-electron chi connectivity index (χ4n) is 2.32. The lowest BCUT2D eigenvalue weighted by Gasteiger charge is -2.26. The van der Waals surface area contributed by atoms with Crippen molar-refractivity contribution >= 4 is 11.3 Å². The minimum atomic E-state index is 0.754. The highest BCUT2D eigenvalue weighted by atomic mass is 32.1. The van der Waals surface area contributed by atoms with Crippen LogP contribution in [-0.4, -0.2) is 37.6 Å². The van der Waals surface area contributed by atoms with E-state index in [1.165, 1.54) is 25.2 Å². The molecule has 0 aromatic carbocycles. The van der Waals surface area contributed by atoms with Crippen LogP contribution in [0.5, 0.6) is 0 Å². The Morgan fingerprint density at radius 2 is 1.79 bits per heavy atom. The molecule has 1 N–H and O–H groups in total. The summed E-state index contributed by atoms with van der Waals surface area (Å²) < 4.78 is 0. The molecule has 0 saturated carbocycles. The van der Waals surface area contributed by atoms with Crippen LogP contribution in [0.25, 0.3) is 0 Å². The van der Waals surface area contributed by atoms with Gasteiger partial charge in [-0.3, -0.25) is 0 Å². The molecule has 0 radical (unpaired) electrons. The quantitative estimate of drug-likeness (QED) is 0.661. The van der Waals surface area contributed by atoms with Gasteiger partial charge >= 0.3 is 0 Å². The maximum absolute atomic E-state index is 3.56.